The Kier molecular flexibility index (Phi) is 5.70. The predicted octanol–water partition coefficient (Wildman–Crippen LogP) is 7.43. The number of fused-ring (bicyclic) bond motifs is 6. The van der Waals surface area contributed by atoms with Gasteiger partial charge in [-0.25, -0.2) is 4.98 Å². The first-order valence-corrected chi connectivity index (χ1v) is 15.3. The molecule has 1 spiro atoms. The Labute approximate surface area is 260 Å². The minimum absolute atomic E-state index is 0.00636. The predicted molar refractivity (Wildman–Crippen MR) is 173 cm³/mol. The van der Waals surface area contributed by atoms with Crippen LogP contribution in [0.1, 0.15) is 43.9 Å². The van der Waals surface area contributed by atoms with E-state index in [1.54, 1.807) is 29.2 Å². The van der Waals surface area contributed by atoms with Crippen LogP contribution in [0.25, 0.3) is 21.2 Å². The van der Waals surface area contributed by atoms with E-state index in [2.05, 4.69) is 0 Å². The number of anilines is 2. The van der Waals surface area contributed by atoms with Gasteiger partial charge >= 0.3 is 0 Å². The molecule has 0 bridgehead atoms. The Bertz CT molecular complexity index is 2310. The zero-order valence-corrected chi connectivity index (χ0v) is 25.5. The standard InChI is InChI=1S/C35H24ClN3O4S/c1-18-12-13-26-22(15-18)30(40)28-31(43-26)32(41)39(34-37-29-20(3)14-19(2)16-27(29)44-34)35(28)23-9-5-7-11-25(23)38(33(35)42)17-21-8-4-6-10-24(21)36/h4-16H,17H2,1-3H3. The Morgan fingerprint density at radius 3 is 2.50 bits per heavy atom. The molecule has 2 aliphatic heterocycles. The van der Waals surface area contributed by atoms with Gasteiger partial charge in [-0.3, -0.25) is 19.3 Å². The van der Waals surface area contributed by atoms with Crippen LogP contribution >= 0.6 is 22.9 Å². The number of aromatic nitrogens is 1. The number of carbonyl (C=O) groups excluding carboxylic acids is 2. The molecule has 1 atom stereocenters. The number of benzene rings is 4. The Morgan fingerprint density at radius 1 is 0.909 bits per heavy atom. The van der Waals surface area contributed by atoms with Crippen molar-refractivity contribution in [3.8, 4) is 0 Å². The van der Waals surface area contributed by atoms with Crippen molar-refractivity contribution in [2.75, 3.05) is 9.80 Å². The van der Waals surface area contributed by atoms with Crippen molar-refractivity contribution in [3.63, 3.8) is 0 Å². The van der Waals surface area contributed by atoms with Gasteiger partial charge in [-0.15, -0.1) is 0 Å². The quantitative estimate of drug-likeness (QED) is 0.206. The molecule has 0 radical (unpaired) electrons. The highest BCUT2D eigenvalue weighted by Crippen LogP contribution is 2.55. The van der Waals surface area contributed by atoms with Crippen LogP contribution in [0.15, 0.2) is 88.1 Å². The molecule has 4 aromatic carbocycles. The maximum Gasteiger partial charge on any atom is 0.297 e. The summed E-state index contributed by atoms with van der Waals surface area (Å²) in [6.45, 7) is 6.00. The van der Waals surface area contributed by atoms with Gasteiger partial charge in [0.05, 0.1) is 33.4 Å². The highest BCUT2D eigenvalue weighted by molar-refractivity contribution is 7.22. The molecule has 6 aromatic rings. The molecule has 0 saturated heterocycles. The van der Waals surface area contributed by atoms with Gasteiger partial charge in [0, 0.05) is 10.6 Å². The van der Waals surface area contributed by atoms with E-state index >= 15 is 4.79 Å². The summed E-state index contributed by atoms with van der Waals surface area (Å²) < 4.78 is 7.12. The SMILES string of the molecule is Cc1cc(C)c2nc(N3C(=O)c4oc5ccc(C)cc5c(=O)c4C34C(=O)N(Cc3ccccc3Cl)c3ccccc34)sc2c1. The largest absolute Gasteiger partial charge is 0.450 e. The molecule has 0 N–H and O–H groups in total. The van der Waals surface area contributed by atoms with E-state index in [1.165, 1.54) is 16.2 Å². The number of aryl methyl sites for hydroxylation is 3. The lowest BCUT2D eigenvalue weighted by Crippen LogP contribution is -2.53. The first-order valence-electron chi connectivity index (χ1n) is 14.2. The molecule has 4 heterocycles. The molecule has 1 unspecified atom stereocenters. The fraction of sp³-hybridized carbons (Fsp3) is 0.143. The summed E-state index contributed by atoms with van der Waals surface area (Å²) in [6, 6.07) is 23.9. The molecule has 44 heavy (non-hydrogen) atoms. The Balaban J connectivity index is 1.47. The lowest BCUT2D eigenvalue weighted by atomic mass is 9.84. The second kappa shape index (κ2) is 9.35. The topological polar surface area (TPSA) is 83.7 Å². The Hall–Kier alpha value is -4.79. The van der Waals surface area contributed by atoms with Crippen molar-refractivity contribution >= 4 is 66.8 Å². The average Bonchev–Trinajstić information content (AvgIpc) is 3.61. The molecule has 2 aromatic heterocycles. The van der Waals surface area contributed by atoms with Crippen LogP contribution in [-0.4, -0.2) is 16.8 Å². The van der Waals surface area contributed by atoms with Crippen molar-refractivity contribution < 1.29 is 14.0 Å². The third-order valence-corrected chi connectivity index (χ3v) is 9.93. The average molecular weight is 618 g/mol. The zero-order valence-electron chi connectivity index (χ0n) is 24.0. The number of rotatable bonds is 3. The summed E-state index contributed by atoms with van der Waals surface area (Å²) in [6.07, 6.45) is 0. The summed E-state index contributed by atoms with van der Waals surface area (Å²) >= 11 is 7.87. The van der Waals surface area contributed by atoms with E-state index < -0.39 is 22.8 Å². The van der Waals surface area contributed by atoms with Crippen LogP contribution in [0.2, 0.25) is 5.02 Å². The number of amides is 2. The second-order valence-electron chi connectivity index (χ2n) is 11.4. The van der Waals surface area contributed by atoms with Crippen LogP contribution in [0, 0.1) is 20.8 Å². The first-order chi connectivity index (χ1) is 21.2. The van der Waals surface area contributed by atoms with Crippen LogP contribution in [-0.2, 0) is 16.9 Å². The van der Waals surface area contributed by atoms with Gasteiger partial charge in [0.15, 0.2) is 16.1 Å². The molecule has 0 fully saturated rings. The lowest BCUT2D eigenvalue weighted by Gasteiger charge is -2.32. The molecular formula is C35H24ClN3O4S. The number of thiazole rings is 1. The highest BCUT2D eigenvalue weighted by Gasteiger charge is 2.66. The second-order valence-corrected chi connectivity index (χ2v) is 12.8. The summed E-state index contributed by atoms with van der Waals surface area (Å²) in [5.74, 6) is -1.19. The van der Waals surface area contributed by atoms with Crippen molar-refractivity contribution in [1.82, 2.24) is 4.98 Å². The van der Waals surface area contributed by atoms with Gasteiger partial charge in [0.25, 0.3) is 11.8 Å². The van der Waals surface area contributed by atoms with E-state index in [0.717, 1.165) is 32.5 Å². The van der Waals surface area contributed by atoms with Gasteiger partial charge < -0.3 is 9.32 Å². The smallest absolute Gasteiger partial charge is 0.297 e. The summed E-state index contributed by atoms with van der Waals surface area (Å²) in [5, 5.41) is 1.13. The normalized spacial score (nSPS) is 17.4. The van der Waals surface area contributed by atoms with Crippen LogP contribution in [0.3, 0.4) is 0 Å². The zero-order chi connectivity index (χ0) is 30.5. The van der Waals surface area contributed by atoms with Crippen LogP contribution in [0.4, 0.5) is 10.8 Å². The maximum atomic E-state index is 15.2. The molecular weight excluding hydrogens is 594 g/mol. The van der Waals surface area contributed by atoms with Crippen molar-refractivity contribution in [2.24, 2.45) is 0 Å². The molecule has 9 heteroatoms. The van der Waals surface area contributed by atoms with E-state index in [4.69, 9.17) is 21.0 Å². The first kappa shape index (κ1) is 26.8. The number of nitrogens with zero attached hydrogens (tertiary/aromatic N) is 3. The van der Waals surface area contributed by atoms with E-state index in [-0.39, 0.29) is 23.5 Å². The molecule has 2 amide bonds. The van der Waals surface area contributed by atoms with Gasteiger partial charge in [-0.1, -0.05) is 77.0 Å². The lowest BCUT2D eigenvalue weighted by molar-refractivity contribution is -0.121. The van der Waals surface area contributed by atoms with Crippen LogP contribution < -0.4 is 15.2 Å². The minimum atomic E-state index is -1.83. The van der Waals surface area contributed by atoms with E-state index in [1.807, 2.05) is 75.4 Å². The van der Waals surface area contributed by atoms with Gasteiger partial charge in [0.1, 0.15) is 5.58 Å². The maximum absolute atomic E-state index is 15.2. The highest BCUT2D eigenvalue weighted by atomic mass is 35.5. The third kappa shape index (κ3) is 3.49. The molecule has 2 aliphatic rings. The molecule has 0 saturated carbocycles. The number of para-hydroxylation sites is 1. The summed E-state index contributed by atoms with van der Waals surface area (Å²) in [7, 11) is 0. The van der Waals surface area contributed by atoms with Gasteiger partial charge in [0.2, 0.25) is 5.76 Å². The van der Waals surface area contributed by atoms with Crippen LogP contribution in [0.5, 0.6) is 0 Å². The number of hydrogen-bond donors (Lipinski definition) is 0. The fourth-order valence-electron chi connectivity index (χ4n) is 6.69. The van der Waals surface area contributed by atoms with E-state index in [0.29, 0.717) is 26.8 Å². The molecule has 7 nitrogen and oxygen atoms in total. The van der Waals surface area contributed by atoms with Crippen molar-refractivity contribution in [3.05, 3.63) is 133 Å². The minimum Gasteiger partial charge on any atom is -0.450 e. The Morgan fingerprint density at radius 2 is 1.68 bits per heavy atom. The van der Waals surface area contributed by atoms with Gasteiger partial charge in [-0.2, -0.15) is 0 Å². The number of halogens is 1. The van der Waals surface area contributed by atoms with E-state index in [9.17, 15) is 9.59 Å². The number of carbonyl (C=O) groups is 2. The number of hydrogen-bond acceptors (Lipinski definition) is 6. The monoisotopic (exact) mass is 617 g/mol. The molecule has 0 aliphatic carbocycles. The summed E-state index contributed by atoms with van der Waals surface area (Å²) in [5.41, 5.74) is 3.47. The van der Waals surface area contributed by atoms with Crippen molar-refractivity contribution in [2.45, 2.75) is 32.9 Å². The van der Waals surface area contributed by atoms with Gasteiger partial charge in [-0.05, 0) is 67.8 Å². The fourth-order valence-corrected chi connectivity index (χ4v) is 8.07. The summed E-state index contributed by atoms with van der Waals surface area (Å²) in [4.78, 5) is 52.2. The third-order valence-electron chi connectivity index (χ3n) is 8.58. The molecule has 8 rings (SSSR count). The molecule has 216 valence electrons. The van der Waals surface area contributed by atoms with Crippen molar-refractivity contribution in [1.29, 1.82) is 0 Å².